The van der Waals surface area contributed by atoms with Crippen LogP contribution in [0.4, 0.5) is 0 Å². The van der Waals surface area contributed by atoms with Crippen LogP contribution in [0.3, 0.4) is 0 Å². The first-order valence-corrected chi connectivity index (χ1v) is 12.6. The summed E-state index contributed by atoms with van der Waals surface area (Å²) in [5, 5.41) is 1.68. The highest BCUT2D eigenvalue weighted by molar-refractivity contribution is 9.10. The van der Waals surface area contributed by atoms with E-state index in [9.17, 15) is 9.59 Å². The lowest BCUT2D eigenvalue weighted by Gasteiger charge is -2.15. The van der Waals surface area contributed by atoms with Crippen LogP contribution in [-0.4, -0.2) is 28.3 Å². The van der Waals surface area contributed by atoms with Gasteiger partial charge in [-0.15, -0.1) is 0 Å². The zero-order chi connectivity index (χ0) is 24.9. The Hall–Kier alpha value is -2.85. The van der Waals surface area contributed by atoms with E-state index in [-0.39, 0.29) is 10.9 Å². The summed E-state index contributed by atoms with van der Waals surface area (Å²) in [6, 6.07) is 19.4. The normalized spacial score (nSPS) is 14.4. The molecule has 1 fully saturated rings. The molecule has 0 spiro atoms. The number of ether oxygens (including phenoxy) is 2. The van der Waals surface area contributed by atoms with Crippen LogP contribution in [0.2, 0.25) is 5.02 Å². The Morgan fingerprint density at radius 1 is 1.17 bits per heavy atom. The summed E-state index contributed by atoms with van der Waals surface area (Å²) in [5.74, 6) is 0.299. The van der Waals surface area contributed by atoms with Gasteiger partial charge in [-0.2, -0.15) is 5.01 Å². The minimum Gasteiger partial charge on any atom is -0.497 e. The molecule has 0 aromatic heterocycles. The third-order valence-corrected chi connectivity index (χ3v) is 7.12. The van der Waals surface area contributed by atoms with E-state index >= 15 is 0 Å². The van der Waals surface area contributed by atoms with E-state index in [0.29, 0.717) is 32.6 Å². The molecule has 0 atom stereocenters. The number of methoxy groups -OCH3 is 1. The van der Waals surface area contributed by atoms with Crippen molar-refractivity contribution < 1.29 is 19.1 Å². The van der Waals surface area contributed by atoms with Crippen molar-refractivity contribution in [3.8, 4) is 11.5 Å². The van der Waals surface area contributed by atoms with E-state index < -0.39 is 11.8 Å². The second-order valence-corrected chi connectivity index (χ2v) is 10.2. The maximum atomic E-state index is 13.1. The third-order valence-electron chi connectivity index (χ3n) is 4.96. The predicted octanol–water partition coefficient (Wildman–Crippen LogP) is 6.24. The van der Waals surface area contributed by atoms with Crippen LogP contribution < -0.4 is 14.9 Å². The molecule has 1 aliphatic rings. The lowest BCUT2D eigenvalue weighted by molar-refractivity contribution is -0.123. The average molecular weight is 590 g/mol. The SMILES string of the molecule is COc1ccc(C(=O)NN2C(=O)/C(=C\c3cc(Br)ccc3OCc3ccccc3Cl)SC2=S)cc1. The highest BCUT2D eigenvalue weighted by Gasteiger charge is 2.34. The van der Waals surface area contributed by atoms with Crippen molar-refractivity contribution in [3.05, 3.63) is 97.8 Å². The number of amides is 2. The maximum Gasteiger partial charge on any atom is 0.285 e. The van der Waals surface area contributed by atoms with Gasteiger partial charge in [-0.3, -0.25) is 15.0 Å². The van der Waals surface area contributed by atoms with E-state index in [1.54, 1.807) is 49.6 Å². The average Bonchev–Trinajstić information content (AvgIpc) is 3.11. The van der Waals surface area contributed by atoms with Gasteiger partial charge >= 0.3 is 0 Å². The molecule has 0 bridgehead atoms. The molecule has 0 aliphatic carbocycles. The molecule has 3 aromatic rings. The van der Waals surface area contributed by atoms with Gasteiger partial charge in [-0.1, -0.05) is 57.5 Å². The molecule has 2 amide bonds. The van der Waals surface area contributed by atoms with E-state index in [4.69, 9.17) is 33.3 Å². The number of nitrogens with zero attached hydrogens (tertiary/aromatic N) is 1. The first-order valence-electron chi connectivity index (χ1n) is 10.2. The Bertz CT molecular complexity index is 1330. The van der Waals surface area contributed by atoms with Crippen molar-refractivity contribution >= 4 is 73.7 Å². The van der Waals surface area contributed by atoms with Crippen LogP contribution in [0.1, 0.15) is 21.5 Å². The van der Waals surface area contributed by atoms with Crippen molar-refractivity contribution in [2.24, 2.45) is 0 Å². The fourth-order valence-corrected chi connectivity index (χ4v) is 4.89. The van der Waals surface area contributed by atoms with Gasteiger partial charge in [0.25, 0.3) is 11.8 Å². The third kappa shape index (κ3) is 6.05. The number of benzene rings is 3. The standard InChI is InChI=1S/C25H18BrClN2O4S2/c1-32-19-9-6-15(7-10-19)23(30)28-29-24(31)22(35-25(29)34)13-17-12-18(26)8-11-21(17)33-14-16-4-2-3-5-20(16)27/h2-13H,14H2,1H3,(H,28,30)/b22-13+. The number of hydrazine groups is 1. The summed E-state index contributed by atoms with van der Waals surface area (Å²) < 4.78 is 12.1. The Kier molecular flexibility index (Phi) is 8.12. The Morgan fingerprint density at radius 2 is 1.91 bits per heavy atom. The number of hydrogen-bond acceptors (Lipinski definition) is 6. The summed E-state index contributed by atoms with van der Waals surface area (Å²) in [7, 11) is 1.54. The molecule has 0 unspecified atom stereocenters. The Morgan fingerprint density at radius 3 is 2.63 bits per heavy atom. The van der Waals surface area contributed by atoms with Crippen molar-refractivity contribution in [2.75, 3.05) is 7.11 Å². The van der Waals surface area contributed by atoms with Gasteiger partial charge in [-0.25, -0.2) is 0 Å². The molecule has 178 valence electrons. The van der Waals surface area contributed by atoms with E-state index in [1.165, 1.54) is 0 Å². The highest BCUT2D eigenvalue weighted by atomic mass is 79.9. The maximum absolute atomic E-state index is 13.1. The van der Waals surface area contributed by atoms with Gasteiger partial charge in [0.2, 0.25) is 0 Å². The topological polar surface area (TPSA) is 67.9 Å². The van der Waals surface area contributed by atoms with Gasteiger partial charge in [0.15, 0.2) is 4.32 Å². The molecule has 1 heterocycles. The molecule has 6 nitrogen and oxygen atoms in total. The minimum absolute atomic E-state index is 0.219. The number of rotatable bonds is 7. The highest BCUT2D eigenvalue weighted by Crippen LogP contribution is 2.35. The van der Waals surface area contributed by atoms with Gasteiger partial charge in [0, 0.05) is 26.2 Å². The van der Waals surface area contributed by atoms with Gasteiger partial charge in [0.1, 0.15) is 18.1 Å². The Labute approximate surface area is 225 Å². The summed E-state index contributed by atoms with van der Waals surface area (Å²) in [4.78, 5) is 26.0. The van der Waals surface area contributed by atoms with Crippen molar-refractivity contribution in [1.29, 1.82) is 0 Å². The van der Waals surface area contributed by atoms with E-state index in [1.807, 2.05) is 30.3 Å². The fourth-order valence-electron chi connectivity index (χ4n) is 3.15. The van der Waals surface area contributed by atoms with Crippen LogP contribution in [0.15, 0.2) is 76.1 Å². The smallest absolute Gasteiger partial charge is 0.285 e. The number of thiocarbonyl (C=S) groups is 1. The molecular formula is C25H18BrClN2O4S2. The molecule has 3 aromatic carbocycles. The van der Waals surface area contributed by atoms with Crippen LogP contribution in [0.25, 0.3) is 6.08 Å². The summed E-state index contributed by atoms with van der Waals surface area (Å²) in [5.41, 5.74) is 4.46. The summed E-state index contributed by atoms with van der Waals surface area (Å²) in [6.45, 7) is 0.265. The molecule has 1 saturated heterocycles. The van der Waals surface area contributed by atoms with Crippen molar-refractivity contribution in [3.63, 3.8) is 0 Å². The largest absolute Gasteiger partial charge is 0.497 e. The van der Waals surface area contributed by atoms with Crippen LogP contribution in [0, 0.1) is 0 Å². The molecule has 4 rings (SSSR count). The lowest BCUT2D eigenvalue weighted by atomic mass is 10.1. The molecular weight excluding hydrogens is 572 g/mol. The molecule has 1 aliphatic heterocycles. The molecule has 0 radical (unpaired) electrons. The number of nitrogens with one attached hydrogen (secondary N) is 1. The zero-order valence-corrected chi connectivity index (χ0v) is 22.3. The molecule has 10 heteroatoms. The molecule has 1 N–H and O–H groups in total. The Balaban J connectivity index is 1.52. The summed E-state index contributed by atoms with van der Waals surface area (Å²) in [6.07, 6.45) is 1.69. The van der Waals surface area contributed by atoms with Crippen LogP contribution in [-0.2, 0) is 11.4 Å². The van der Waals surface area contributed by atoms with E-state index in [0.717, 1.165) is 26.8 Å². The van der Waals surface area contributed by atoms with Gasteiger partial charge in [0.05, 0.1) is 12.0 Å². The van der Waals surface area contributed by atoms with Crippen LogP contribution in [0.5, 0.6) is 11.5 Å². The first-order chi connectivity index (χ1) is 16.9. The monoisotopic (exact) mass is 588 g/mol. The number of carbonyl (C=O) groups excluding carboxylic acids is 2. The number of hydrogen-bond donors (Lipinski definition) is 1. The lowest BCUT2D eigenvalue weighted by Crippen LogP contribution is -2.44. The minimum atomic E-state index is -0.462. The van der Waals surface area contributed by atoms with E-state index in [2.05, 4.69) is 21.4 Å². The van der Waals surface area contributed by atoms with Gasteiger partial charge < -0.3 is 9.47 Å². The van der Waals surface area contributed by atoms with Crippen molar-refractivity contribution in [2.45, 2.75) is 6.61 Å². The molecule has 0 saturated carbocycles. The number of thioether (sulfide) groups is 1. The summed E-state index contributed by atoms with van der Waals surface area (Å²) >= 11 is 16.1. The number of halogens is 2. The second kappa shape index (κ2) is 11.3. The quantitative estimate of drug-likeness (QED) is 0.260. The predicted molar refractivity (Wildman–Crippen MR) is 145 cm³/mol. The second-order valence-electron chi connectivity index (χ2n) is 7.25. The molecule has 35 heavy (non-hydrogen) atoms. The zero-order valence-electron chi connectivity index (χ0n) is 18.3. The number of carbonyl (C=O) groups is 2. The van der Waals surface area contributed by atoms with Gasteiger partial charge in [-0.05, 0) is 66.8 Å². The van der Waals surface area contributed by atoms with Crippen LogP contribution >= 0.6 is 51.5 Å². The fraction of sp³-hybridized carbons (Fsp3) is 0.0800. The van der Waals surface area contributed by atoms with Crippen molar-refractivity contribution in [1.82, 2.24) is 10.4 Å². The first kappa shape index (κ1) is 25.2.